The maximum Gasteiger partial charge on any atom is 0.313 e. The van der Waals surface area contributed by atoms with Crippen LogP contribution in [0, 0.1) is 5.92 Å². The van der Waals surface area contributed by atoms with Gasteiger partial charge in [0.05, 0.1) is 23.6 Å². The number of piperidine rings is 1. The zero-order valence-electron chi connectivity index (χ0n) is 19.4. The Morgan fingerprint density at radius 1 is 1.29 bits per heavy atom. The number of carbonyl (C=O) groups excluding carboxylic acids is 3. The van der Waals surface area contributed by atoms with E-state index in [0.717, 1.165) is 36.8 Å². The molecule has 1 saturated carbocycles. The molecule has 1 aromatic carbocycles. The summed E-state index contributed by atoms with van der Waals surface area (Å²) in [6.07, 6.45) is 5.22. The van der Waals surface area contributed by atoms with Crippen LogP contribution >= 0.6 is 0 Å². The van der Waals surface area contributed by atoms with Gasteiger partial charge < -0.3 is 26.0 Å². The largest absolute Gasteiger partial charge is 0.475 e. The van der Waals surface area contributed by atoms with Crippen LogP contribution in [-0.4, -0.2) is 39.8 Å². The summed E-state index contributed by atoms with van der Waals surface area (Å²) in [5.74, 6) is -0.103. The summed E-state index contributed by atoms with van der Waals surface area (Å²) in [5.41, 5.74) is 7.86. The molecule has 9 heteroatoms. The lowest BCUT2D eigenvalue weighted by molar-refractivity contribution is -0.146. The third-order valence-corrected chi connectivity index (χ3v) is 6.97. The van der Waals surface area contributed by atoms with Crippen LogP contribution in [-0.2, 0) is 20.8 Å². The highest BCUT2D eigenvalue weighted by molar-refractivity contribution is 6.39. The number of hydrogen-bond acceptors (Lipinski definition) is 6. The zero-order valence-corrected chi connectivity index (χ0v) is 19.4. The summed E-state index contributed by atoms with van der Waals surface area (Å²) in [4.78, 5) is 44.3. The molecule has 0 bridgehead atoms. The minimum atomic E-state index is -0.710. The maximum atomic E-state index is 13.3. The van der Waals surface area contributed by atoms with Crippen LogP contribution in [0.3, 0.4) is 0 Å². The number of aromatic nitrogens is 1. The Morgan fingerprint density at radius 3 is 2.82 bits per heavy atom. The van der Waals surface area contributed by atoms with E-state index in [-0.39, 0.29) is 17.9 Å². The molecule has 1 spiro atoms. The molecule has 2 fully saturated rings. The molecule has 4 N–H and O–H groups in total. The van der Waals surface area contributed by atoms with E-state index in [1.807, 2.05) is 25.1 Å². The average Bonchev–Trinajstić information content (AvgIpc) is 3.60. The van der Waals surface area contributed by atoms with E-state index in [9.17, 15) is 14.4 Å². The number of amides is 3. The van der Waals surface area contributed by atoms with E-state index in [1.54, 1.807) is 11.0 Å². The van der Waals surface area contributed by atoms with Crippen LogP contribution < -0.4 is 21.1 Å². The third kappa shape index (κ3) is 3.95. The van der Waals surface area contributed by atoms with Gasteiger partial charge in [-0.3, -0.25) is 14.4 Å². The van der Waals surface area contributed by atoms with Crippen LogP contribution in [0.1, 0.15) is 56.7 Å². The molecule has 2 aliphatic heterocycles. The smallest absolute Gasteiger partial charge is 0.313 e. The van der Waals surface area contributed by atoms with Crippen molar-refractivity contribution < 1.29 is 19.1 Å². The van der Waals surface area contributed by atoms with Gasteiger partial charge in [-0.2, -0.15) is 0 Å². The number of ether oxygens (including phenoxy) is 1. The van der Waals surface area contributed by atoms with Gasteiger partial charge in [0, 0.05) is 19.4 Å². The van der Waals surface area contributed by atoms with Gasteiger partial charge in [0.2, 0.25) is 0 Å². The number of pyridine rings is 1. The van der Waals surface area contributed by atoms with Gasteiger partial charge in [0.1, 0.15) is 11.6 Å². The molecule has 178 valence electrons. The van der Waals surface area contributed by atoms with Gasteiger partial charge in [-0.1, -0.05) is 19.9 Å². The number of likely N-dealkylation sites (tertiary alicyclic amines) is 1. The van der Waals surface area contributed by atoms with E-state index in [1.165, 1.54) is 6.20 Å². The summed E-state index contributed by atoms with van der Waals surface area (Å²) in [7, 11) is 0. The van der Waals surface area contributed by atoms with Crippen molar-refractivity contribution >= 4 is 34.9 Å². The number of nitrogen functional groups attached to an aromatic ring is 1. The molecule has 3 amide bonds. The lowest BCUT2D eigenvalue weighted by Crippen LogP contribution is -2.46. The molecule has 2 atom stereocenters. The van der Waals surface area contributed by atoms with Crippen LogP contribution in [0.15, 0.2) is 30.5 Å². The lowest BCUT2D eigenvalue weighted by Gasteiger charge is -2.39. The fourth-order valence-electron chi connectivity index (χ4n) is 4.79. The highest BCUT2D eigenvalue weighted by atomic mass is 16.5. The fraction of sp³-hybridized carbons (Fsp3) is 0.440. The first-order valence-corrected chi connectivity index (χ1v) is 11.8. The predicted octanol–water partition coefficient (Wildman–Crippen LogP) is 3.03. The van der Waals surface area contributed by atoms with Gasteiger partial charge in [-0.25, -0.2) is 4.98 Å². The normalized spacial score (nSPS) is 22.4. The van der Waals surface area contributed by atoms with Gasteiger partial charge in [-0.15, -0.1) is 0 Å². The van der Waals surface area contributed by atoms with Crippen molar-refractivity contribution in [1.82, 2.24) is 9.88 Å². The number of rotatable bonds is 3. The predicted molar refractivity (Wildman–Crippen MR) is 127 cm³/mol. The Morgan fingerprint density at radius 2 is 2.09 bits per heavy atom. The number of nitrogens with zero attached hydrogens (tertiary/aromatic N) is 2. The second kappa shape index (κ2) is 8.30. The van der Waals surface area contributed by atoms with Crippen molar-refractivity contribution in [3.63, 3.8) is 0 Å². The van der Waals surface area contributed by atoms with E-state index in [4.69, 9.17) is 10.5 Å². The molecule has 3 heterocycles. The molecular formula is C25H29N5O4. The molecule has 0 radical (unpaired) electrons. The first-order valence-electron chi connectivity index (χ1n) is 11.8. The number of aryl methyl sites for hydroxylation is 1. The summed E-state index contributed by atoms with van der Waals surface area (Å²) in [6, 6.07) is 7.09. The van der Waals surface area contributed by atoms with Gasteiger partial charge in [0.25, 0.3) is 5.91 Å². The van der Waals surface area contributed by atoms with Crippen LogP contribution in [0.25, 0.3) is 0 Å². The number of hydrogen-bond donors (Lipinski definition) is 3. The quantitative estimate of drug-likeness (QED) is 0.601. The molecule has 3 aliphatic rings. The van der Waals surface area contributed by atoms with Crippen molar-refractivity contribution in [3.8, 4) is 5.75 Å². The molecule has 34 heavy (non-hydrogen) atoms. The number of nitrogens with one attached hydrogen (secondary N) is 2. The van der Waals surface area contributed by atoms with Crippen molar-refractivity contribution in [3.05, 3.63) is 41.6 Å². The van der Waals surface area contributed by atoms with Crippen LogP contribution in [0.5, 0.6) is 5.75 Å². The standard InChI is InChI=1S/C25H29N5O4/c1-3-15-10-17(12-27-21(15)26)28-22(31)23(32)30-13-14(2)4-6-19(30)16-5-7-20-18(11-16)29-24(33)25(34-20)8-9-25/h5,7,10-12,14,19H,3-4,6,8-9,13H2,1-2H3,(H2,26,27)(H,28,31)(H,29,33)/t14-,19?/m0/s1. The topological polar surface area (TPSA) is 127 Å². The number of benzene rings is 1. The van der Waals surface area contributed by atoms with E-state index in [2.05, 4.69) is 22.5 Å². The second-order valence-electron chi connectivity index (χ2n) is 9.54. The van der Waals surface area contributed by atoms with Gasteiger partial charge in [0.15, 0.2) is 5.60 Å². The van der Waals surface area contributed by atoms with Gasteiger partial charge >= 0.3 is 11.8 Å². The number of nitrogens with two attached hydrogens (primary N) is 1. The van der Waals surface area contributed by atoms with Crippen molar-refractivity contribution in [2.75, 3.05) is 22.9 Å². The molecule has 5 rings (SSSR count). The van der Waals surface area contributed by atoms with E-state index >= 15 is 0 Å². The summed E-state index contributed by atoms with van der Waals surface area (Å²) in [5, 5.41) is 5.63. The molecule has 1 saturated heterocycles. The van der Waals surface area contributed by atoms with Crippen molar-refractivity contribution in [2.45, 2.75) is 57.6 Å². The van der Waals surface area contributed by atoms with Crippen LogP contribution in [0.4, 0.5) is 17.2 Å². The molecule has 9 nitrogen and oxygen atoms in total. The highest BCUT2D eigenvalue weighted by Gasteiger charge is 2.55. The minimum absolute atomic E-state index is 0.120. The Bertz CT molecular complexity index is 1180. The zero-order chi connectivity index (χ0) is 24.0. The molecule has 1 aromatic heterocycles. The summed E-state index contributed by atoms with van der Waals surface area (Å²) in [6.45, 7) is 4.49. The molecule has 1 aliphatic carbocycles. The fourth-order valence-corrected chi connectivity index (χ4v) is 4.79. The number of fused-ring (bicyclic) bond motifs is 1. The molecule has 2 aromatic rings. The Balaban J connectivity index is 1.36. The summed E-state index contributed by atoms with van der Waals surface area (Å²) < 4.78 is 5.94. The first-order chi connectivity index (χ1) is 16.3. The second-order valence-corrected chi connectivity index (χ2v) is 9.54. The van der Waals surface area contributed by atoms with Crippen molar-refractivity contribution in [1.29, 1.82) is 0 Å². The average molecular weight is 464 g/mol. The lowest BCUT2D eigenvalue weighted by atomic mass is 9.89. The van der Waals surface area contributed by atoms with E-state index < -0.39 is 17.4 Å². The van der Waals surface area contributed by atoms with Gasteiger partial charge in [-0.05, 0) is 54.5 Å². The van der Waals surface area contributed by atoms with Crippen LogP contribution in [0.2, 0.25) is 0 Å². The monoisotopic (exact) mass is 463 g/mol. The third-order valence-electron chi connectivity index (χ3n) is 6.97. The van der Waals surface area contributed by atoms with E-state index in [0.29, 0.717) is 35.9 Å². The molecule has 1 unspecified atom stereocenters. The highest BCUT2D eigenvalue weighted by Crippen LogP contribution is 2.47. The SMILES string of the molecule is CCc1cc(NC(=O)C(=O)N2C[C@@H](C)CCC2c2ccc3c(c2)NC(=O)C2(CC2)O3)cnc1N. The van der Waals surface area contributed by atoms with Crippen molar-refractivity contribution in [2.24, 2.45) is 5.92 Å². The maximum absolute atomic E-state index is 13.3. The first kappa shape index (κ1) is 22.2. The number of carbonyl (C=O) groups is 3. The number of anilines is 3. The minimum Gasteiger partial charge on any atom is -0.475 e. The summed E-state index contributed by atoms with van der Waals surface area (Å²) >= 11 is 0. The Hall–Kier alpha value is -3.62. The Labute approximate surface area is 198 Å². The molecular weight excluding hydrogens is 434 g/mol. The Kier molecular flexibility index (Phi) is 5.42.